The summed E-state index contributed by atoms with van der Waals surface area (Å²) in [4.78, 5) is 24.5. The number of ketones is 1. The van der Waals surface area contributed by atoms with E-state index >= 15 is 0 Å². The fraction of sp³-hybridized carbons (Fsp3) is 0.167. The third kappa shape index (κ3) is 5.26. The van der Waals surface area contributed by atoms with Crippen molar-refractivity contribution in [1.29, 1.82) is 0 Å². The minimum absolute atomic E-state index is 0.0561. The van der Waals surface area contributed by atoms with Gasteiger partial charge in [0.15, 0.2) is 12.4 Å². The summed E-state index contributed by atoms with van der Waals surface area (Å²) >= 11 is 3.87. The van der Waals surface area contributed by atoms with Gasteiger partial charge in [-0.3, -0.25) is 4.79 Å². The lowest BCUT2D eigenvalue weighted by Crippen LogP contribution is -2.17. The third-order valence-electron chi connectivity index (χ3n) is 4.51. The smallest absolute Gasteiger partial charge is 0.349 e. The molecule has 0 radical (unpaired) electrons. The second kappa shape index (κ2) is 9.87. The van der Waals surface area contributed by atoms with Gasteiger partial charge in [0, 0.05) is 22.6 Å². The molecule has 0 N–H and O–H groups in total. The molecule has 0 spiro atoms. The molecule has 4 rings (SSSR count). The predicted molar refractivity (Wildman–Crippen MR) is 122 cm³/mol. The topological polar surface area (TPSA) is 52.6 Å². The number of hydrogen-bond donors (Lipinski definition) is 0. The highest BCUT2D eigenvalue weighted by molar-refractivity contribution is 8.19. The second-order valence-corrected chi connectivity index (χ2v) is 9.35. The molecule has 3 aromatic rings. The van der Waals surface area contributed by atoms with Crippen LogP contribution in [0.25, 0.3) is 0 Å². The summed E-state index contributed by atoms with van der Waals surface area (Å²) in [5.41, 5.74) is 2.43. The van der Waals surface area contributed by atoms with Crippen LogP contribution in [0.5, 0.6) is 11.5 Å². The minimum atomic E-state index is -0.475. The molecule has 0 saturated carbocycles. The highest BCUT2D eigenvalue weighted by atomic mass is 32.2. The highest BCUT2D eigenvalue weighted by Gasteiger charge is 2.18. The van der Waals surface area contributed by atoms with Crippen molar-refractivity contribution in [2.24, 2.45) is 0 Å². The molecule has 0 unspecified atom stereocenters. The summed E-state index contributed by atoms with van der Waals surface area (Å²) in [6.07, 6.45) is 0. The second-order valence-electron chi connectivity index (χ2n) is 6.62. The van der Waals surface area contributed by atoms with E-state index in [4.69, 9.17) is 9.47 Å². The van der Waals surface area contributed by atoms with Gasteiger partial charge in [-0.05, 0) is 42.0 Å². The summed E-state index contributed by atoms with van der Waals surface area (Å²) in [6, 6.07) is 23.5. The molecule has 1 aliphatic heterocycles. The number of carbonyl (C=O) groups is 2. The molecule has 152 valence electrons. The molecule has 0 atom stereocenters. The van der Waals surface area contributed by atoms with Crippen LogP contribution in [0.2, 0.25) is 0 Å². The lowest BCUT2D eigenvalue weighted by Gasteiger charge is -2.10. The summed E-state index contributed by atoms with van der Waals surface area (Å²) in [7, 11) is 0. The molecule has 0 aromatic heterocycles. The molecule has 1 aliphatic rings. The largest absolute Gasteiger partial charge is 0.482 e. The number of benzene rings is 3. The predicted octanol–water partition coefficient (Wildman–Crippen LogP) is 5.38. The van der Waals surface area contributed by atoms with Crippen LogP contribution >= 0.6 is 23.5 Å². The molecular weight excluding hydrogens is 416 g/mol. The van der Waals surface area contributed by atoms with Crippen LogP contribution in [0.1, 0.15) is 26.1 Å². The molecule has 1 fully saturated rings. The van der Waals surface area contributed by atoms with Gasteiger partial charge in [-0.1, -0.05) is 42.5 Å². The molecule has 4 nitrogen and oxygen atoms in total. The fourth-order valence-electron chi connectivity index (χ4n) is 3.01. The maximum atomic E-state index is 12.4. The Morgan fingerprint density at radius 3 is 2.03 bits per heavy atom. The van der Waals surface area contributed by atoms with Gasteiger partial charge in [-0.25, -0.2) is 4.79 Å². The Bertz CT molecular complexity index is 996. The fourth-order valence-corrected chi connectivity index (χ4v) is 5.87. The first-order valence-electron chi connectivity index (χ1n) is 9.55. The van der Waals surface area contributed by atoms with Crippen molar-refractivity contribution in [3.05, 3.63) is 95.6 Å². The van der Waals surface area contributed by atoms with Crippen molar-refractivity contribution in [3.63, 3.8) is 0 Å². The van der Waals surface area contributed by atoms with Crippen LogP contribution in [0.15, 0.2) is 78.9 Å². The first-order valence-corrected chi connectivity index (χ1v) is 11.7. The van der Waals surface area contributed by atoms with E-state index in [-0.39, 0.29) is 12.4 Å². The molecule has 0 aliphatic carbocycles. The van der Waals surface area contributed by atoms with Gasteiger partial charge in [0.1, 0.15) is 11.5 Å². The first-order chi connectivity index (χ1) is 14.7. The van der Waals surface area contributed by atoms with Gasteiger partial charge in [0.25, 0.3) is 0 Å². The number of thioether (sulfide) groups is 2. The number of carbonyl (C=O) groups excluding carboxylic acids is 2. The van der Waals surface area contributed by atoms with Gasteiger partial charge in [0.2, 0.25) is 0 Å². The highest BCUT2D eigenvalue weighted by Crippen LogP contribution is 2.45. The van der Waals surface area contributed by atoms with E-state index in [2.05, 4.69) is 0 Å². The van der Waals surface area contributed by atoms with Crippen LogP contribution < -0.4 is 9.47 Å². The van der Waals surface area contributed by atoms with Crippen molar-refractivity contribution in [2.75, 3.05) is 18.1 Å². The van der Waals surface area contributed by atoms with Crippen LogP contribution in [-0.4, -0.2) is 29.9 Å². The molecular formula is C24H20O4S2. The zero-order valence-corrected chi connectivity index (χ0v) is 17.8. The summed E-state index contributed by atoms with van der Waals surface area (Å²) in [6.45, 7) is -0.206. The quantitative estimate of drug-likeness (QED) is 0.282. The third-order valence-corrected chi connectivity index (χ3v) is 7.62. The Morgan fingerprint density at radius 1 is 0.767 bits per heavy atom. The first kappa shape index (κ1) is 20.6. The molecule has 3 aromatic carbocycles. The zero-order valence-electron chi connectivity index (χ0n) is 16.2. The van der Waals surface area contributed by atoms with E-state index in [0.717, 1.165) is 0 Å². The number of esters is 1. The van der Waals surface area contributed by atoms with E-state index in [1.54, 1.807) is 36.4 Å². The Kier molecular flexibility index (Phi) is 6.77. The number of ether oxygens (including phenoxy) is 2. The normalized spacial score (nSPS) is 13.7. The van der Waals surface area contributed by atoms with Crippen LogP contribution in [0, 0.1) is 0 Å². The van der Waals surface area contributed by atoms with Crippen LogP contribution in [-0.2, 0) is 4.79 Å². The maximum absolute atomic E-state index is 12.4. The summed E-state index contributed by atoms with van der Waals surface area (Å²) in [5.74, 6) is 2.82. The SMILES string of the molecule is O=C(COc1ccc(C(=O)c2ccccc2)cc1)Oc1ccc(C2SCCS2)cc1. The lowest BCUT2D eigenvalue weighted by atomic mass is 10.0. The number of rotatable bonds is 7. The number of hydrogen-bond acceptors (Lipinski definition) is 6. The molecule has 30 heavy (non-hydrogen) atoms. The Balaban J connectivity index is 1.28. The van der Waals surface area contributed by atoms with Crippen LogP contribution in [0.4, 0.5) is 0 Å². The van der Waals surface area contributed by atoms with Crippen molar-refractivity contribution < 1.29 is 19.1 Å². The standard InChI is InChI=1S/C24H20O4S2/c25-22(28-21-12-8-19(9-13-21)24-29-14-15-30-24)16-27-20-10-6-18(7-11-20)23(26)17-4-2-1-3-5-17/h1-13,24H,14-16H2. The monoisotopic (exact) mass is 436 g/mol. The molecule has 6 heteroatoms. The minimum Gasteiger partial charge on any atom is -0.482 e. The Labute approximate surface area is 184 Å². The lowest BCUT2D eigenvalue weighted by molar-refractivity contribution is -0.136. The van der Waals surface area contributed by atoms with Crippen molar-refractivity contribution >= 4 is 35.3 Å². The van der Waals surface area contributed by atoms with E-state index in [1.165, 1.54) is 17.1 Å². The Morgan fingerprint density at radius 2 is 1.37 bits per heavy atom. The van der Waals surface area contributed by atoms with Crippen molar-refractivity contribution in [2.45, 2.75) is 4.58 Å². The molecule has 0 bridgehead atoms. The van der Waals surface area contributed by atoms with Crippen molar-refractivity contribution in [1.82, 2.24) is 0 Å². The van der Waals surface area contributed by atoms with Gasteiger partial charge in [-0.15, -0.1) is 23.5 Å². The van der Waals surface area contributed by atoms with Gasteiger partial charge in [-0.2, -0.15) is 0 Å². The molecule has 0 amide bonds. The Hall–Kier alpha value is -2.70. The maximum Gasteiger partial charge on any atom is 0.349 e. The van der Waals surface area contributed by atoms with E-state index in [0.29, 0.717) is 27.2 Å². The van der Waals surface area contributed by atoms with Gasteiger partial charge >= 0.3 is 5.97 Å². The zero-order chi connectivity index (χ0) is 20.8. The van der Waals surface area contributed by atoms with E-state index in [9.17, 15) is 9.59 Å². The van der Waals surface area contributed by atoms with Crippen molar-refractivity contribution in [3.8, 4) is 11.5 Å². The average molecular weight is 437 g/mol. The van der Waals surface area contributed by atoms with Crippen LogP contribution in [0.3, 0.4) is 0 Å². The van der Waals surface area contributed by atoms with E-state index < -0.39 is 5.97 Å². The molecule has 1 saturated heterocycles. The average Bonchev–Trinajstić information content (AvgIpc) is 3.34. The van der Waals surface area contributed by atoms with Gasteiger partial charge in [0.05, 0.1) is 4.58 Å². The molecule has 1 heterocycles. The van der Waals surface area contributed by atoms with Gasteiger partial charge < -0.3 is 9.47 Å². The van der Waals surface area contributed by atoms with E-state index in [1.807, 2.05) is 66.0 Å². The summed E-state index contributed by atoms with van der Waals surface area (Å²) < 4.78 is 11.3. The summed E-state index contributed by atoms with van der Waals surface area (Å²) in [5, 5.41) is 0.